The Kier molecular flexibility index (Phi) is 7.69. The van der Waals surface area contributed by atoms with Crippen LogP contribution in [0.2, 0.25) is 18.1 Å². The van der Waals surface area contributed by atoms with E-state index in [4.69, 9.17) is 13.9 Å². The van der Waals surface area contributed by atoms with Crippen molar-refractivity contribution in [3.8, 4) is 11.1 Å². The molecule has 0 bridgehead atoms. The van der Waals surface area contributed by atoms with Gasteiger partial charge in [-0.3, -0.25) is 5.32 Å². The second-order valence-electron chi connectivity index (χ2n) is 12.5. The van der Waals surface area contributed by atoms with Crippen LogP contribution in [0.1, 0.15) is 50.3 Å². The van der Waals surface area contributed by atoms with E-state index >= 15 is 0 Å². The van der Waals surface area contributed by atoms with Gasteiger partial charge in [0.15, 0.2) is 8.32 Å². The molecule has 2 aliphatic rings. The molecule has 0 aliphatic heterocycles. The van der Waals surface area contributed by atoms with Crippen LogP contribution in [0.3, 0.4) is 0 Å². The number of methoxy groups -OCH3 is 1. The number of hydrogen-bond donors (Lipinski definition) is 1. The van der Waals surface area contributed by atoms with Crippen molar-refractivity contribution in [2.24, 2.45) is 5.92 Å². The summed E-state index contributed by atoms with van der Waals surface area (Å²) in [5.74, 6) is 0.414. The lowest BCUT2D eigenvalue weighted by molar-refractivity contribution is -0.0436. The maximum atomic E-state index is 7.17. The second-order valence-corrected chi connectivity index (χ2v) is 17.2. The number of nitrogens with one attached hydrogen (secondary N) is 1. The molecule has 1 N–H and O–H groups in total. The van der Waals surface area contributed by atoms with Gasteiger partial charge in [0.25, 0.3) is 0 Å². The first kappa shape index (κ1) is 27.3. The third kappa shape index (κ3) is 4.91. The summed E-state index contributed by atoms with van der Waals surface area (Å²) in [6.07, 6.45) is 2.11. The molecule has 3 aromatic carbocycles. The van der Waals surface area contributed by atoms with E-state index in [1.807, 2.05) is 0 Å². The molecule has 3 aromatic rings. The fourth-order valence-corrected chi connectivity index (χ4v) is 7.49. The van der Waals surface area contributed by atoms with Gasteiger partial charge in [-0.05, 0) is 64.7 Å². The zero-order chi connectivity index (χ0) is 27.0. The molecule has 202 valence electrons. The fraction of sp³-hybridized carbons (Fsp3) is 0.455. The Bertz CT molecular complexity index is 1190. The summed E-state index contributed by atoms with van der Waals surface area (Å²) in [5.41, 5.74) is 6.06. The van der Waals surface area contributed by atoms with Crippen molar-refractivity contribution in [1.29, 1.82) is 0 Å². The Morgan fingerprint density at radius 3 is 2.00 bits per heavy atom. The highest BCUT2D eigenvalue weighted by molar-refractivity contribution is 6.74. The molecule has 5 heteroatoms. The first-order chi connectivity index (χ1) is 18.2. The highest BCUT2D eigenvalue weighted by Gasteiger charge is 2.50. The summed E-state index contributed by atoms with van der Waals surface area (Å²) in [7, 11) is -0.306. The molecule has 0 aromatic heterocycles. The van der Waals surface area contributed by atoms with Crippen LogP contribution >= 0.6 is 0 Å². The normalized spacial score (nSPS) is 22.3. The Morgan fingerprint density at radius 2 is 1.42 bits per heavy atom. The summed E-state index contributed by atoms with van der Waals surface area (Å²) >= 11 is 0. The first-order valence-corrected chi connectivity index (χ1v) is 16.9. The van der Waals surface area contributed by atoms with Crippen molar-refractivity contribution in [2.45, 2.75) is 69.4 Å². The molecule has 0 spiro atoms. The average molecular weight is 530 g/mol. The third-order valence-electron chi connectivity index (χ3n) is 8.97. The highest BCUT2D eigenvalue weighted by atomic mass is 28.4. The van der Waals surface area contributed by atoms with Gasteiger partial charge in [-0.15, -0.1) is 0 Å². The van der Waals surface area contributed by atoms with Crippen LogP contribution in [0, 0.1) is 5.92 Å². The van der Waals surface area contributed by atoms with Crippen molar-refractivity contribution in [1.82, 2.24) is 5.32 Å². The molecule has 4 nitrogen and oxygen atoms in total. The Morgan fingerprint density at radius 1 is 0.842 bits per heavy atom. The molecule has 2 aliphatic carbocycles. The van der Waals surface area contributed by atoms with Gasteiger partial charge in [0.1, 0.15) is 6.79 Å². The van der Waals surface area contributed by atoms with E-state index in [1.54, 1.807) is 7.11 Å². The SMILES string of the molecule is COCOC[C@@H]1C[C@H](O[Si](C)(C)C(C)(C)C)[C@H](NC2(c3ccccc3)c3ccccc3-c3ccccc32)C1. The van der Waals surface area contributed by atoms with Crippen molar-refractivity contribution in [3.63, 3.8) is 0 Å². The molecule has 3 atom stereocenters. The zero-order valence-corrected chi connectivity index (χ0v) is 24.8. The van der Waals surface area contributed by atoms with Gasteiger partial charge in [0, 0.05) is 13.2 Å². The van der Waals surface area contributed by atoms with Crippen LogP contribution < -0.4 is 5.32 Å². The van der Waals surface area contributed by atoms with E-state index in [-0.39, 0.29) is 17.2 Å². The largest absolute Gasteiger partial charge is 0.412 e. The summed E-state index contributed by atoms with van der Waals surface area (Å²) in [6.45, 7) is 12.7. The molecule has 0 amide bonds. The fourth-order valence-electron chi connectivity index (χ4n) is 6.12. The van der Waals surface area contributed by atoms with E-state index in [1.165, 1.54) is 27.8 Å². The minimum Gasteiger partial charge on any atom is -0.412 e. The van der Waals surface area contributed by atoms with E-state index < -0.39 is 13.9 Å². The minimum atomic E-state index is -1.99. The summed E-state index contributed by atoms with van der Waals surface area (Å²) in [4.78, 5) is 0. The number of fused-ring (bicyclic) bond motifs is 3. The van der Waals surface area contributed by atoms with Crippen LogP contribution in [-0.2, 0) is 19.4 Å². The van der Waals surface area contributed by atoms with Crippen molar-refractivity contribution < 1.29 is 13.9 Å². The molecule has 0 radical (unpaired) electrons. The molecule has 0 unspecified atom stereocenters. The zero-order valence-electron chi connectivity index (χ0n) is 23.8. The Labute approximate surface area is 229 Å². The second kappa shape index (κ2) is 10.7. The monoisotopic (exact) mass is 529 g/mol. The lowest BCUT2D eigenvalue weighted by Crippen LogP contribution is -2.54. The Balaban J connectivity index is 1.59. The van der Waals surface area contributed by atoms with Crippen molar-refractivity contribution in [3.05, 3.63) is 95.6 Å². The van der Waals surface area contributed by atoms with E-state index in [0.29, 0.717) is 19.3 Å². The molecule has 38 heavy (non-hydrogen) atoms. The predicted molar refractivity (Wildman–Crippen MR) is 158 cm³/mol. The lowest BCUT2D eigenvalue weighted by atomic mass is 9.79. The predicted octanol–water partition coefficient (Wildman–Crippen LogP) is 7.34. The number of benzene rings is 3. The standard InChI is InChI=1S/C33H43NO3Si/c1-32(2,3)38(5,6)37-31-21-24(22-36-23-35-4)20-30(31)34-33(25-14-8-7-9-15-25)28-18-12-10-16-26(28)27-17-11-13-19-29(27)33/h7-19,24,30-31,34H,20-23H2,1-6H3/t24-,30+,31-/m0/s1. The van der Waals surface area contributed by atoms with Gasteiger partial charge in [-0.2, -0.15) is 0 Å². The molecule has 0 heterocycles. The summed E-state index contributed by atoms with van der Waals surface area (Å²) in [6, 6.07) is 28.9. The minimum absolute atomic E-state index is 0.118. The lowest BCUT2D eigenvalue weighted by Gasteiger charge is -2.43. The maximum Gasteiger partial charge on any atom is 0.192 e. The van der Waals surface area contributed by atoms with Gasteiger partial charge in [-0.1, -0.05) is 99.6 Å². The topological polar surface area (TPSA) is 39.7 Å². The first-order valence-electron chi connectivity index (χ1n) is 13.9. The van der Waals surface area contributed by atoms with Crippen LogP contribution in [0.25, 0.3) is 11.1 Å². The summed E-state index contributed by atoms with van der Waals surface area (Å²) in [5, 5.41) is 4.42. The summed E-state index contributed by atoms with van der Waals surface area (Å²) < 4.78 is 18.2. The average Bonchev–Trinajstić information content (AvgIpc) is 3.40. The smallest absolute Gasteiger partial charge is 0.192 e. The van der Waals surface area contributed by atoms with Crippen LogP contribution in [-0.4, -0.2) is 41.0 Å². The van der Waals surface area contributed by atoms with Crippen molar-refractivity contribution in [2.75, 3.05) is 20.5 Å². The van der Waals surface area contributed by atoms with Crippen LogP contribution in [0.5, 0.6) is 0 Å². The van der Waals surface area contributed by atoms with E-state index in [9.17, 15) is 0 Å². The Hall–Kier alpha value is -2.28. The van der Waals surface area contributed by atoms with E-state index in [0.717, 1.165) is 12.8 Å². The maximum absolute atomic E-state index is 7.17. The van der Waals surface area contributed by atoms with Gasteiger partial charge < -0.3 is 13.9 Å². The van der Waals surface area contributed by atoms with Crippen molar-refractivity contribution >= 4 is 8.32 Å². The molecule has 0 saturated heterocycles. The highest BCUT2D eigenvalue weighted by Crippen LogP contribution is 2.52. The number of rotatable bonds is 9. The molecular formula is C33H43NO3Si. The van der Waals surface area contributed by atoms with Gasteiger partial charge >= 0.3 is 0 Å². The molecular weight excluding hydrogens is 486 g/mol. The third-order valence-corrected chi connectivity index (χ3v) is 13.5. The van der Waals surface area contributed by atoms with Gasteiger partial charge in [0.2, 0.25) is 0 Å². The van der Waals surface area contributed by atoms with Gasteiger partial charge in [0.05, 0.1) is 18.2 Å². The molecule has 1 saturated carbocycles. The number of ether oxygens (including phenoxy) is 2. The molecule has 1 fully saturated rings. The van der Waals surface area contributed by atoms with Crippen LogP contribution in [0.15, 0.2) is 78.9 Å². The van der Waals surface area contributed by atoms with E-state index in [2.05, 4.69) is 118 Å². The molecule has 5 rings (SSSR count). The van der Waals surface area contributed by atoms with Crippen LogP contribution in [0.4, 0.5) is 0 Å². The number of hydrogen-bond acceptors (Lipinski definition) is 4. The quantitative estimate of drug-likeness (QED) is 0.179. The van der Waals surface area contributed by atoms with Gasteiger partial charge in [-0.25, -0.2) is 0 Å².